The Bertz CT molecular complexity index is 1090. The number of benzene rings is 2. The largest absolute Gasteiger partial charge is 0.508 e. The number of hydrogen-bond donors (Lipinski definition) is 1. The number of piperazine rings is 1. The highest BCUT2D eigenvalue weighted by atomic mass is 32.1. The van der Waals surface area contributed by atoms with Crippen molar-refractivity contribution in [3.05, 3.63) is 66.0 Å². The Balaban J connectivity index is 1.45. The van der Waals surface area contributed by atoms with Gasteiger partial charge in [0.1, 0.15) is 11.6 Å². The fourth-order valence-corrected chi connectivity index (χ4v) is 4.31. The van der Waals surface area contributed by atoms with Gasteiger partial charge in [0.25, 0.3) is 0 Å². The van der Waals surface area contributed by atoms with E-state index in [-0.39, 0.29) is 0 Å². The van der Waals surface area contributed by atoms with Gasteiger partial charge in [0, 0.05) is 37.3 Å². The smallest absolute Gasteiger partial charge is 0.172 e. The summed E-state index contributed by atoms with van der Waals surface area (Å²) in [6.07, 6.45) is 0. The van der Waals surface area contributed by atoms with Crippen molar-refractivity contribution in [3.63, 3.8) is 0 Å². The molecule has 4 aromatic rings. The van der Waals surface area contributed by atoms with Crippen LogP contribution in [0.15, 0.2) is 66.0 Å². The molecule has 1 saturated heterocycles. The van der Waals surface area contributed by atoms with Crippen LogP contribution >= 0.6 is 11.3 Å². The van der Waals surface area contributed by atoms with Crippen LogP contribution in [0.25, 0.3) is 21.6 Å². The van der Waals surface area contributed by atoms with Gasteiger partial charge >= 0.3 is 0 Å². The second kappa shape index (κ2) is 7.13. The maximum atomic E-state index is 9.51. The van der Waals surface area contributed by atoms with E-state index in [1.54, 1.807) is 23.5 Å². The van der Waals surface area contributed by atoms with Crippen molar-refractivity contribution in [2.75, 3.05) is 36.0 Å². The minimum Gasteiger partial charge on any atom is -0.508 e. The monoisotopic (exact) mass is 388 g/mol. The molecule has 0 radical (unpaired) electrons. The number of hydrogen-bond acceptors (Lipinski definition) is 6. The number of phenolic OH excluding ortho intramolecular Hbond substituents is 1. The molecule has 5 nitrogen and oxygen atoms in total. The number of thiophene rings is 1. The zero-order valence-electron chi connectivity index (χ0n) is 15.3. The first-order valence-electron chi connectivity index (χ1n) is 9.37. The highest BCUT2D eigenvalue weighted by Gasteiger charge is 2.21. The molecule has 0 unspecified atom stereocenters. The van der Waals surface area contributed by atoms with Gasteiger partial charge in [-0.05, 0) is 47.8 Å². The Morgan fingerprint density at radius 3 is 2.29 bits per heavy atom. The Hall–Kier alpha value is -3.12. The SMILES string of the molecule is Oc1ccc(N2CCN(c3nc(-c4cccs4)nc4ccccc34)CC2)cc1. The molecule has 1 aliphatic heterocycles. The fraction of sp³-hybridized carbons (Fsp3) is 0.182. The van der Waals surface area contributed by atoms with Gasteiger partial charge in [-0.15, -0.1) is 11.3 Å². The molecule has 1 N–H and O–H groups in total. The van der Waals surface area contributed by atoms with Crippen LogP contribution in [-0.2, 0) is 0 Å². The van der Waals surface area contributed by atoms with Crippen LogP contribution in [0.4, 0.5) is 11.5 Å². The van der Waals surface area contributed by atoms with Crippen molar-refractivity contribution in [3.8, 4) is 16.5 Å². The molecule has 0 aliphatic carbocycles. The van der Waals surface area contributed by atoms with Gasteiger partial charge in [0.2, 0.25) is 0 Å². The molecule has 1 aliphatic rings. The average molecular weight is 388 g/mol. The van der Waals surface area contributed by atoms with Crippen LogP contribution < -0.4 is 9.80 Å². The quantitative estimate of drug-likeness (QED) is 0.564. The Morgan fingerprint density at radius 2 is 1.54 bits per heavy atom. The normalized spacial score (nSPS) is 14.6. The van der Waals surface area contributed by atoms with Crippen molar-refractivity contribution in [1.29, 1.82) is 0 Å². The van der Waals surface area contributed by atoms with Crippen LogP contribution in [-0.4, -0.2) is 41.3 Å². The Kier molecular flexibility index (Phi) is 4.33. The van der Waals surface area contributed by atoms with Crippen LogP contribution in [0.3, 0.4) is 0 Å². The summed E-state index contributed by atoms with van der Waals surface area (Å²) < 4.78 is 0. The van der Waals surface area contributed by atoms with Crippen LogP contribution in [0, 0.1) is 0 Å². The van der Waals surface area contributed by atoms with Crippen LogP contribution in [0.1, 0.15) is 0 Å². The van der Waals surface area contributed by atoms with Crippen LogP contribution in [0.2, 0.25) is 0 Å². The van der Waals surface area contributed by atoms with Gasteiger partial charge in [-0.1, -0.05) is 18.2 Å². The van der Waals surface area contributed by atoms with Crippen molar-refractivity contribution in [2.45, 2.75) is 0 Å². The first-order valence-corrected chi connectivity index (χ1v) is 10.3. The van der Waals surface area contributed by atoms with Crippen molar-refractivity contribution in [1.82, 2.24) is 9.97 Å². The number of nitrogens with zero attached hydrogens (tertiary/aromatic N) is 4. The summed E-state index contributed by atoms with van der Waals surface area (Å²) in [5, 5.41) is 12.7. The summed E-state index contributed by atoms with van der Waals surface area (Å²) in [4.78, 5) is 15.5. The molecule has 5 rings (SSSR count). The molecule has 2 aromatic carbocycles. The standard InChI is InChI=1S/C22H20N4OS/c27-17-9-7-16(8-10-17)25-11-13-26(14-12-25)22-18-4-1-2-5-19(18)23-21(24-22)20-6-3-15-28-20/h1-10,15,27H,11-14H2. The number of anilines is 2. The molecule has 0 bridgehead atoms. The molecule has 0 amide bonds. The lowest BCUT2D eigenvalue weighted by Crippen LogP contribution is -2.47. The number of aromatic nitrogens is 2. The topological polar surface area (TPSA) is 52.5 Å². The van der Waals surface area contributed by atoms with Gasteiger partial charge in [0.15, 0.2) is 5.82 Å². The highest BCUT2D eigenvalue weighted by molar-refractivity contribution is 7.13. The van der Waals surface area contributed by atoms with E-state index in [4.69, 9.17) is 9.97 Å². The molecular weight excluding hydrogens is 368 g/mol. The van der Waals surface area contributed by atoms with Crippen molar-refractivity contribution in [2.24, 2.45) is 0 Å². The first-order chi connectivity index (χ1) is 13.8. The predicted octanol–water partition coefficient (Wildman–Crippen LogP) is 4.39. The minimum absolute atomic E-state index is 0.302. The van der Waals surface area contributed by atoms with Gasteiger partial charge in [-0.25, -0.2) is 9.97 Å². The molecule has 1 fully saturated rings. The van der Waals surface area contributed by atoms with E-state index in [0.717, 1.165) is 59.3 Å². The second-order valence-electron chi connectivity index (χ2n) is 6.86. The average Bonchev–Trinajstić information content (AvgIpc) is 3.29. The molecule has 6 heteroatoms. The fourth-order valence-electron chi connectivity index (χ4n) is 3.66. The lowest BCUT2D eigenvalue weighted by molar-refractivity contribution is 0.475. The first kappa shape index (κ1) is 17.0. The molecule has 0 atom stereocenters. The lowest BCUT2D eigenvalue weighted by Gasteiger charge is -2.37. The molecule has 2 aromatic heterocycles. The summed E-state index contributed by atoms with van der Waals surface area (Å²) in [5.41, 5.74) is 2.13. The van der Waals surface area contributed by atoms with E-state index in [0.29, 0.717) is 5.75 Å². The van der Waals surface area contributed by atoms with Crippen molar-refractivity contribution < 1.29 is 5.11 Å². The molecule has 3 heterocycles. The summed E-state index contributed by atoms with van der Waals surface area (Å²) in [6, 6.07) is 19.8. The predicted molar refractivity (Wildman–Crippen MR) is 115 cm³/mol. The zero-order chi connectivity index (χ0) is 18.9. The summed E-state index contributed by atoms with van der Waals surface area (Å²) in [5.74, 6) is 2.11. The van der Waals surface area contributed by atoms with E-state index in [2.05, 4.69) is 33.4 Å². The van der Waals surface area contributed by atoms with E-state index in [1.807, 2.05) is 30.3 Å². The van der Waals surface area contributed by atoms with E-state index in [9.17, 15) is 5.11 Å². The highest BCUT2D eigenvalue weighted by Crippen LogP contribution is 2.30. The third-order valence-electron chi connectivity index (χ3n) is 5.12. The van der Waals surface area contributed by atoms with Crippen molar-refractivity contribution >= 4 is 33.7 Å². The van der Waals surface area contributed by atoms with Gasteiger partial charge in [0.05, 0.1) is 10.4 Å². The Labute approximate surface area is 167 Å². The number of para-hydroxylation sites is 1. The number of rotatable bonds is 3. The maximum Gasteiger partial charge on any atom is 0.172 e. The van der Waals surface area contributed by atoms with Gasteiger partial charge < -0.3 is 14.9 Å². The van der Waals surface area contributed by atoms with Gasteiger partial charge in [-0.2, -0.15) is 0 Å². The lowest BCUT2D eigenvalue weighted by atomic mass is 10.2. The molecule has 140 valence electrons. The molecule has 0 saturated carbocycles. The number of phenols is 1. The third-order valence-corrected chi connectivity index (χ3v) is 5.98. The molecule has 0 spiro atoms. The summed E-state index contributed by atoms with van der Waals surface area (Å²) in [7, 11) is 0. The van der Waals surface area contributed by atoms with Crippen LogP contribution in [0.5, 0.6) is 5.75 Å². The van der Waals surface area contributed by atoms with Gasteiger partial charge in [-0.3, -0.25) is 0 Å². The molecular formula is C22H20N4OS. The summed E-state index contributed by atoms with van der Waals surface area (Å²) >= 11 is 1.67. The molecule has 28 heavy (non-hydrogen) atoms. The van der Waals surface area contributed by atoms with E-state index >= 15 is 0 Å². The minimum atomic E-state index is 0.302. The third kappa shape index (κ3) is 3.16. The van der Waals surface area contributed by atoms with E-state index in [1.165, 1.54) is 0 Å². The van der Waals surface area contributed by atoms with E-state index < -0.39 is 0 Å². The number of aromatic hydroxyl groups is 1. The second-order valence-corrected chi connectivity index (χ2v) is 7.80. The zero-order valence-corrected chi connectivity index (χ0v) is 16.1. The number of fused-ring (bicyclic) bond motifs is 1. The Morgan fingerprint density at radius 1 is 0.786 bits per heavy atom. The maximum absolute atomic E-state index is 9.51. The summed E-state index contributed by atoms with van der Waals surface area (Å²) in [6.45, 7) is 3.62.